The van der Waals surface area contributed by atoms with E-state index in [4.69, 9.17) is 0 Å². The van der Waals surface area contributed by atoms with E-state index in [0.29, 0.717) is 0 Å². The van der Waals surface area contributed by atoms with Gasteiger partial charge in [0, 0.05) is 0 Å². The van der Waals surface area contributed by atoms with Gasteiger partial charge in [-0.1, -0.05) is 117 Å². The monoisotopic (exact) mass is 566 g/mol. The smallest absolute Gasteiger partial charge is 0.0131 e. The van der Waals surface area contributed by atoms with E-state index in [9.17, 15) is 0 Å². The van der Waals surface area contributed by atoms with Crippen molar-refractivity contribution in [1.82, 2.24) is 0 Å². The normalized spacial score (nSPS) is 37.0. The molecule has 0 heterocycles. The topological polar surface area (TPSA) is 0 Å². The first kappa shape index (κ1) is 30.5. The molecule has 0 heteroatoms. The highest BCUT2D eigenvalue weighted by Crippen LogP contribution is 2.59. The summed E-state index contributed by atoms with van der Waals surface area (Å²) in [7, 11) is 0. The lowest BCUT2D eigenvalue weighted by Gasteiger charge is -2.38. The molecule has 0 bridgehead atoms. The van der Waals surface area contributed by atoms with Crippen molar-refractivity contribution in [2.45, 2.75) is 142 Å². The summed E-state index contributed by atoms with van der Waals surface area (Å²) < 4.78 is 0. The van der Waals surface area contributed by atoms with E-state index in [0.717, 1.165) is 59.2 Å². The molecule has 10 atom stereocenters. The first-order valence-electron chi connectivity index (χ1n) is 18.1. The fourth-order valence-corrected chi connectivity index (χ4v) is 11.1. The van der Waals surface area contributed by atoms with Crippen molar-refractivity contribution in [1.29, 1.82) is 0 Å². The Morgan fingerprint density at radius 3 is 1.19 bits per heavy atom. The van der Waals surface area contributed by atoms with Gasteiger partial charge in [-0.05, 0) is 144 Å². The Bertz CT molecular complexity index is 1080. The lowest BCUT2D eigenvalue weighted by Crippen LogP contribution is -2.28. The Labute approximate surface area is 259 Å². The van der Waals surface area contributed by atoms with Gasteiger partial charge in [0.15, 0.2) is 0 Å². The quantitative estimate of drug-likeness (QED) is 0.338. The van der Waals surface area contributed by atoms with Gasteiger partial charge >= 0.3 is 0 Å². The zero-order valence-corrected chi connectivity index (χ0v) is 28.5. The maximum atomic E-state index is 2.63. The summed E-state index contributed by atoms with van der Waals surface area (Å²) in [6.45, 7) is 19.3. The molecule has 10 unspecified atom stereocenters. The Kier molecular flexibility index (Phi) is 8.52. The predicted octanol–water partition coefficient (Wildman–Crippen LogP) is 12.1. The van der Waals surface area contributed by atoms with Gasteiger partial charge in [-0.25, -0.2) is 0 Å². The third-order valence-electron chi connectivity index (χ3n) is 13.3. The maximum Gasteiger partial charge on any atom is -0.0131 e. The number of hydrogen-bond acceptors (Lipinski definition) is 0. The van der Waals surface area contributed by atoms with Crippen LogP contribution >= 0.6 is 0 Å². The summed E-state index contributed by atoms with van der Waals surface area (Å²) in [4.78, 5) is 0. The largest absolute Gasteiger partial charge is 0.0622 e. The van der Waals surface area contributed by atoms with Gasteiger partial charge in [0.1, 0.15) is 0 Å². The van der Waals surface area contributed by atoms with Gasteiger partial charge in [0.2, 0.25) is 0 Å². The Hall–Kier alpha value is -1.56. The zero-order chi connectivity index (χ0) is 29.8. The van der Waals surface area contributed by atoms with Crippen LogP contribution in [0, 0.1) is 47.3 Å². The summed E-state index contributed by atoms with van der Waals surface area (Å²) in [5, 5.41) is 0. The van der Waals surface area contributed by atoms with E-state index < -0.39 is 0 Å². The molecule has 2 aromatic carbocycles. The third kappa shape index (κ3) is 5.92. The van der Waals surface area contributed by atoms with Crippen LogP contribution in [0.5, 0.6) is 0 Å². The Morgan fingerprint density at radius 1 is 0.500 bits per heavy atom. The number of hydrogen-bond donors (Lipinski definition) is 0. The molecule has 0 amide bonds. The Morgan fingerprint density at radius 2 is 0.857 bits per heavy atom. The average molecular weight is 567 g/mol. The van der Waals surface area contributed by atoms with Gasteiger partial charge in [-0.2, -0.15) is 0 Å². The Balaban J connectivity index is 1.11. The van der Waals surface area contributed by atoms with Gasteiger partial charge in [-0.15, -0.1) is 0 Å². The molecule has 0 aliphatic heterocycles. The third-order valence-corrected chi connectivity index (χ3v) is 13.3. The van der Waals surface area contributed by atoms with E-state index >= 15 is 0 Å². The molecule has 0 saturated heterocycles. The van der Waals surface area contributed by atoms with Crippen molar-refractivity contribution in [2.75, 3.05) is 0 Å². The molecule has 42 heavy (non-hydrogen) atoms. The van der Waals surface area contributed by atoms with Crippen LogP contribution in [0.1, 0.15) is 154 Å². The first-order valence-corrected chi connectivity index (χ1v) is 18.1. The second-order valence-corrected chi connectivity index (χ2v) is 17.8. The summed E-state index contributed by atoms with van der Waals surface area (Å²) in [5.74, 6) is 9.09. The molecule has 0 spiro atoms. The minimum Gasteiger partial charge on any atom is -0.0622 e. The fraction of sp³-hybridized carbons (Fsp3) is 0.714. The summed E-state index contributed by atoms with van der Waals surface area (Å²) >= 11 is 0. The maximum absolute atomic E-state index is 2.63. The summed E-state index contributed by atoms with van der Waals surface area (Å²) in [6, 6.07) is 19.7. The van der Waals surface area contributed by atoms with E-state index in [1.54, 1.807) is 11.1 Å². The number of fused-ring (bicyclic) bond motifs is 2. The molecule has 230 valence electrons. The molecule has 6 rings (SSSR count). The van der Waals surface area contributed by atoms with Crippen molar-refractivity contribution in [3.8, 4) is 0 Å². The van der Waals surface area contributed by atoms with Crippen molar-refractivity contribution in [3.63, 3.8) is 0 Å². The SMILES string of the molecule is CC1CC2C(c3ccc(C(C)(C)C)cc3)CCCC2C1CCC1C(C)CC2C(c3ccc(C(C)(C)C)cc3)CCCC12. The van der Waals surface area contributed by atoms with E-state index in [1.807, 2.05) is 0 Å². The van der Waals surface area contributed by atoms with Crippen molar-refractivity contribution in [3.05, 3.63) is 70.8 Å². The van der Waals surface area contributed by atoms with Crippen LogP contribution in [0.2, 0.25) is 0 Å². The molecular weight excluding hydrogens is 504 g/mol. The highest BCUT2D eigenvalue weighted by atomic mass is 14.5. The van der Waals surface area contributed by atoms with E-state index in [-0.39, 0.29) is 10.8 Å². The van der Waals surface area contributed by atoms with Crippen LogP contribution in [-0.4, -0.2) is 0 Å². The van der Waals surface area contributed by atoms with Crippen LogP contribution in [0.3, 0.4) is 0 Å². The van der Waals surface area contributed by atoms with E-state index in [2.05, 4.69) is 104 Å². The van der Waals surface area contributed by atoms with Crippen molar-refractivity contribution >= 4 is 0 Å². The van der Waals surface area contributed by atoms with Gasteiger partial charge < -0.3 is 0 Å². The lowest BCUT2D eigenvalue weighted by molar-refractivity contribution is 0.153. The molecule has 4 aliphatic carbocycles. The van der Waals surface area contributed by atoms with Gasteiger partial charge in [0.25, 0.3) is 0 Å². The van der Waals surface area contributed by atoms with Gasteiger partial charge in [0.05, 0.1) is 0 Å². The summed E-state index contributed by atoms with van der Waals surface area (Å²) in [5.41, 5.74) is 6.72. The lowest BCUT2D eigenvalue weighted by atomic mass is 9.66. The number of rotatable bonds is 5. The highest BCUT2D eigenvalue weighted by molar-refractivity contribution is 5.32. The predicted molar refractivity (Wildman–Crippen MR) is 181 cm³/mol. The highest BCUT2D eigenvalue weighted by Gasteiger charge is 2.49. The van der Waals surface area contributed by atoms with Crippen LogP contribution in [0.15, 0.2) is 48.5 Å². The van der Waals surface area contributed by atoms with Crippen LogP contribution in [-0.2, 0) is 10.8 Å². The second kappa shape index (κ2) is 11.7. The van der Waals surface area contributed by atoms with E-state index in [1.165, 1.54) is 75.3 Å². The van der Waals surface area contributed by atoms with Crippen molar-refractivity contribution < 1.29 is 0 Å². The first-order chi connectivity index (χ1) is 19.9. The second-order valence-electron chi connectivity index (χ2n) is 17.8. The molecule has 0 N–H and O–H groups in total. The molecule has 4 fully saturated rings. The van der Waals surface area contributed by atoms with Gasteiger partial charge in [-0.3, -0.25) is 0 Å². The molecule has 4 aliphatic rings. The molecule has 4 saturated carbocycles. The van der Waals surface area contributed by atoms with Crippen LogP contribution in [0.4, 0.5) is 0 Å². The molecule has 2 aromatic rings. The number of benzene rings is 2. The standard InChI is InChI=1S/C42H62/c1-27-25-39-35(29-15-19-31(20-16-29)41(3,4)5)11-9-13-37(39)33(27)23-24-34-28(2)26-40-36(12-10-14-38(34)40)30-17-21-32(22-18-30)42(6,7)8/h15-22,27-28,33-40H,9-14,23-26H2,1-8H3. The van der Waals surface area contributed by atoms with Crippen molar-refractivity contribution in [2.24, 2.45) is 47.3 Å². The van der Waals surface area contributed by atoms with Crippen LogP contribution < -0.4 is 0 Å². The molecule has 0 aromatic heterocycles. The minimum absolute atomic E-state index is 0.242. The average Bonchev–Trinajstić information content (AvgIpc) is 3.45. The zero-order valence-electron chi connectivity index (χ0n) is 28.5. The van der Waals surface area contributed by atoms with Crippen LogP contribution in [0.25, 0.3) is 0 Å². The fourth-order valence-electron chi connectivity index (χ4n) is 11.1. The molecule has 0 radical (unpaired) electrons. The minimum atomic E-state index is 0.242. The molecular formula is C42H62. The molecule has 0 nitrogen and oxygen atoms in total. The summed E-state index contributed by atoms with van der Waals surface area (Å²) in [6.07, 6.45) is 14.6.